The summed E-state index contributed by atoms with van der Waals surface area (Å²) >= 11 is 1.57. The second-order valence-electron chi connectivity index (χ2n) is 7.27. The number of thiazole rings is 1. The number of phenols is 1. The predicted molar refractivity (Wildman–Crippen MR) is 122 cm³/mol. The Morgan fingerprint density at radius 1 is 1.00 bits per heavy atom. The molecule has 4 nitrogen and oxygen atoms in total. The molecule has 0 bridgehead atoms. The van der Waals surface area contributed by atoms with Crippen molar-refractivity contribution >= 4 is 28.3 Å². The lowest BCUT2D eigenvalue weighted by Crippen LogP contribution is -2.14. The maximum absolute atomic E-state index is 10.4. The molecule has 29 heavy (non-hydrogen) atoms. The SMILES string of the molecule is Cc1ccc(-c2csc(=NC(C)C)n2N=Cc2c(O)ccc3ccccc23)cc1. The van der Waals surface area contributed by atoms with E-state index in [2.05, 4.69) is 50.4 Å². The lowest BCUT2D eigenvalue weighted by atomic mass is 10.0. The van der Waals surface area contributed by atoms with Crippen molar-refractivity contribution < 1.29 is 5.11 Å². The zero-order valence-corrected chi connectivity index (χ0v) is 17.5. The lowest BCUT2D eigenvalue weighted by Gasteiger charge is -2.07. The van der Waals surface area contributed by atoms with E-state index in [0.717, 1.165) is 26.8 Å². The van der Waals surface area contributed by atoms with Gasteiger partial charge in [0.1, 0.15) is 5.75 Å². The molecule has 3 aromatic carbocycles. The Labute approximate surface area is 174 Å². The van der Waals surface area contributed by atoms with Gasteiger partial charge in [-0.2, -0.15) is 5.10 Å². The first kappa shape index (κ1) is 19.2. The van der Waals surface area contributed by atoms with E-state index in [0.29, 0.717) is 5.56 Å². The molecule has 146 valence electrons. The van der Waals surface area contributed by atoms with Crippen molar-refractivity contribution in [2.24, 2.45) is 10.1 Å². The molecule has 0 amide bonds. The Balaban J connectivity index is 1.88. The Hall–Kier alpha value is -3.18. The van der Waals surface area contributed by atoms with Gasteiger partial charge in [0.25, 0.3) is 0 Å². The predicted octanol–water partition coefficient (Wildman–Crippen LogP) is 5.58. The average molecular weight is 402 g/mol. The normalized spacial score (nSPS) is 12.5. The van der Waals surface area contributed by atoms with Crippen LogP contribution < -0.4 is 4.80 Å². The number of rotatable bonds is 4. The molecule has 0 saturated carbocycles. The van der Waals surface area contributed by atoms with Gasteiger partial charge in [0, 0.05) is 22.5 Å². The topological polar surface area (TPSA) is 49.9 Å². The van der Waals surface area contributed by atoms with Crippen LogP contribution in [0, 0.1) is 6.92 Å². The third kappa shape index (κ3) is 4.00. The molecule has 1 N–H and O–H groups in total. The molecule has 0 aliphatic carbocycles. The standard InChI is InChI=1S/C24H23N3OS/c1-16(2)26-24-27(22(15-29-24)19-10-8-17(3)9-11-19)25-14-21-20-7-5-4-6-18(20)12-13-23(21)28/h4-16,28H,1-3H3. The molecule has 0 aliphatic heterocycles. The van der Waals surface area contributed by atoms with Crippen LogP contribution in [-0.2, 0) is 0 Å². The highest BCUT2D eigenvalue weighted by Gasteiger charge is 2.09. The lowest BCUT2D eigenvalue weighted by molar-refractivity contribution is 0.475. The Morgan fingerprint density at radius 2 is 1.76 bits per heavy atom. The van der Waals surface area contributed by atoms with Gasteiger partial charge in [-0.3, -0.25) is 4.99 Å². The monoisotopic (exact) mass is 401 g/mol. The van der Waals surface area contributed by atoms with Crippen LogP contribution >= 0.6 is 11.3 Å². The van der Waals surface area contributed by atoms with Crippen LogP contribution in [0.4, 0.5) is 0 Å². The van der Waals surface area contributed by atoms with Crippen LogP contribution in [0.1, 0.15) is 25.0 Å². The molecule has 5 heteroatoms. The summed E-state index contributed by atoms with van der Waals surface area (Å²) in [4.78, 5) is 5.55. The highest BCUT2D eigenvalue weighted by atomic mass is 32.1. The Kier molecular flexibility index (Phi) is 5.32. The van der Waals surface area contributed by atoms with E-state index in [9.17, 15) is 5.11 Å². The Bertz CT molecular complexity index is 1250. The van der Waals surface area contributed by atoms with E-state index in [1.165, 1.54) is 5.56 Å². The van der Waals surface area contributed by atoms with Crippen molar-refractivity contribution in [2.75, 3.05) is 0 Å². The second-order valence-corrected chi connectivity index (χ2v) is 8.10. The molecule has 1 heterocycles. The summed E-state index contributed by atoms with van der Waals surface area (Å²) < 4.78 is 1.86. The van der Waals surface area contributed by atoms with Crippen LogP contribution in [0.15, 0.2) is 76.1 Å². The fourth-order valence-corrected chi connectivity index (χ4v) is 4.15. The van der Waals surface area contributed by atoms with Crippen LogP contribution in [-0.4, -0.2) is 22.0 Å². The summed E-state index contributed by atoms with van der Waals surface area (Å²) in [5, 5.41) is 19.3. The zero-order valence-electron chi connectivity index (χ0n) is 16.7. The number of benzene rings is 3. The summed E-state index contributed by atoms with van der Waals surface area (Å²) in [5.41, 5.74) is 3.97. The minimum atomic E-state index is 0.159. The van der Waals surface area contributed by atoms with E-state index in [1.54, 1.807) is 23.6 Å². The van der Waals surface area contributed by atoms with Gasteiger partial charge in [-0.15, -0.1) is 11.3 Å². The first-order valence-corrected chi connectivity index (χ1v) is 10.5. The first-order chi connectivity index (χ1) is 14.0. The van der Waals surface area contributed by atoms with Crippen molar-refractivity contribution in [3.8, 4) is 17.0 Å². The van der Waals surface area contributed by atoms with Gasteiger partial charge in [-0.25, -0.2) is 4.68 Å². The minimum absolute atomic E-state index is 0.159. The maximum atomic E-state index is 10.4. The minimum Gasteiger partial charge on any atom is -0.507 e. The fourth-order valence-electron chi connectivity index (χ4n) is 3.18. The molecule has 0 radical (unpaired) electrons. The molecule has 0 atom stereocenters. The van der Waals surface area contributed by atoms with Gasteiger partial charge in [-0.1, -0.05) is 60.2 Å². The third-order valence-electron chi connectivity index (χ3n) is 4.65. The van der Waals surface area contributed by atoms with Crippen molar-refractivity contribution in [2.45, 2.75) is 26.8 Å². The number of phenolic OH excluding ortho intramolecular Hbond substituents is 1. The van der Waals surface area contributed by atoms with Gasteiger partial charge in [0.15, 0.2) is 0 Å². The van der Waals surface area contributed by atoms with E-state index in [1.807, 2.05) is 35.0 Å². The highest BCUT2D eigenvalue weighted by molar-refractivity contribution is 7.07. The molecular weight excluding hydrogens is 378 g/mol. The van der Waals surface area contributed by atoms with Crippen LogP contribution in [0.5, 0.6) is 5.75 Å². The zero-order chi connectivity index (χ0) is 20.4. The third-order valence-corrected chi connectivity index (χ3v) is 5.48. The largest absolute Gasteiger partial charge is 0.507 e. The van der Waals surface area contributed by atoms with Crippen molar-refractivity contribution in [1.82, 2.24) is 4.68 Å². The summed E-state index contributed by atoms with van der Waals surface area (Å²) in [5.74, 6) is 0.211. The second kappa shape index (κ2) is 8.05. The molecule has 0 saturated heterocycles. The van der Waals surface area contributed by atoms with Gasteiger partial charge in [-0.05, 0) is 37.6 Å². The van der Waals surface area contributed by atoms with Crippen LogP contribution in [0.2, 0.25) is 0 Å². The number of hydrogen-bond donors (Lipinski definition) is 1. The molecular formula is C24H23N3OS. The number of hydrogen-bond acceptors (Lipinski definition) is 4. The molecule has 4 rings (SSSR count). The quantitative estimate of drug-likeness (QED) is 0.446. The maximum Gasteiger partial charge on any atom is 0.206 e. The number of nitrogens with zero attached hydrogens (tertiary/aromatic N) is 3. The van der Waals surface area contributed by atoms with Crippen LogP contribution in [0.3, 0.4) is 0 Å². The summed E-state index contributed by atoms with van der Waals surface area (Å²) in [6, 6.07) is 20.1. The number of aromatic nitrogens is 1. The molecule has 1 aromatic heterocycles. The number of aromatic hydroxyl groups is 1. The molecule has 0 spiro atoms. The first-order valence-electron chi connectivity index (χ1n) is 9.59. The molecule has 0 unspecified atom stereocenters. The number of aryl methyl sites for hydroxylation is 1. The van der Waals surface area contributed by atoms with Gasteiger partial charge >= 0.3 is 0 Å². The van der Waals surface area contributed by atoms with Gasteiger partial charge < -0.3 is 5.11 Å². The Morgan fingerprint density at radius 3 is 2.52 bits per heavy atom. The molecule has 0 aliphatic rings. The van der Waals surface area contributed by atoms with Crippen molar-refractivity contribution in [1.29, 1.82) is 0 Å². The smallest absolute Gasteiger partial charge is 0.206 e. The van der Waals surface area contributed by atoms with Gasteiger partial charge in [0.05, 0.1) is 11.9 Å². The number of fused-ring (bicyclic) bond motifs is 1. The molecule has 0 fully saturated rings. The van der Waals surface area contributed by atoms with E-state index in [4.69, 9.17) is 10.1 Å². The fraction of sp³-hybridized carbons (Fsp3) is 0.167. The van der Waals surface area contributed by atoms with Crippen LogP contribution in [0.25, 0.3) is 22.0 Å². The summed E-state index contributed by atoms with van der Waals surface area (Å²) in [6.45, 7) is 6.18. The van der Waals surface area contributed by atoms with E-state index < -0.39 is 0 Å². The van der Waals surface area contributed by atoms with Crippen molar-refractivity contribution in [3.05, 3.63) is 82.0 Å². The van der Waals surface area contributed by atoms with Gasteiger partial charge in [0.2, 0.25) is 4.80 Å². The summed E-state index contributed by atoms with van der Waals surface area (Å²) in [7, 11) is 0. The van der Waals surface area contributed by atoms with E-state index in [-0.39, 0.29) is 11.8 Å². The van der Waals surface area contributed by atoms with E-state index >= 15 is 0 Å². The summed E-state index contributed by atoms with van der Waals surface area (Å²) in [6.07, 6.45) is 1.72. The average Bonchev–Trinajstić information content (AvgIpc) is 3.09. The molecule has 4 aromatic rings. The van der Waals surface area contributed by atoms with Crippen molar-refractivity contribution in [3.63, 3.8) is 0 Å². The highest BCUT2D eigenvalue weighted by Crippen LogP contribution is 2.26.